The molecule has 18 heavy (non-hydrogen) atoms. The van der Waals surface area contributed by atoms with E-state index in [-0.39, 0.29) is 23.4 Å². The van der Waals surface area contributed by atoms with Crippen LogP contribution in [-0.2, 0) is 9.59 Å². The second-order valence-corrected chi connectivity index (χ2v) is 5.69. The molecular formula is C14H24N2O2. The first-order chi connectivity index (χ1) is 8.53. The summed E-state index contributed by atoms with van der Waals surface area (Å²) in [5.41, 5.74) is -0.101. The van der Waals surface area contributed by atoms with Crippen LogP contribution in [0, 0.1) is 0 Å². The number of carbonyl (C=O) groups excluding carboxylic acids is 2. The summed E-state index contributed by atoms with van der Waals surface area (Å²) in [5, 5.41) is 0. The number of carbonyl (C=O) groups is 2. The second kappa shape index (κ2) is 4.90. The molecule has 4 heteroatoms. The van der Waals surface area contributed by atoms with Crippen LogP contribution in [-0.4, -0.2) is 46.3 Å². The maximum atomic E-state index is 12.7. The van der Waals surface area contributed by atoms with Crippen LogP contribution in [0.1, 0.15) is 52.9 Å². The summed E-state index contributed by atoms with van der Waals surface area (Å²) in [5.74, 6) is 0.326. The van der Waals surface area contributed by atoms with E-state index < -0.39 is 0 Å². The molecule has 1 atom stereocenters. The van der Waals surface area contributed by atoms with Crippen LogP contribution in [0.15, 0.2) is 0 Å². The van der Waals surface area contributed by atoms with Gasteiger partial charge in [0.15, 0.2) is 0 Å². The van der Waals surface area contributed by atoms with Crippen molar-refractivity contribution in [1.29, 1.82) is 0 Å². The van der Waals surface area contributed by atoms with Crippen molar-refractivity contribution in [2.24, 2.45) is 0 Å². The molecule has 102 valence electrons. The van der Waals surface area contributed by atoms with Crippen molar-refractivity contribution in [3.63, 3.8) is 0 Å². The summed E-state index contributed by atoms with van der Waals surface area (Å²) in [6.45, 7) is 7.73. The Labute approximate surface area is 109 Å². The minimum atomic E-state index is -0.183. The van der Waals surface area contributed by atoms with E-state index in [1.165, 1.54) is 0 Å². The van der Waals surface area contributed by atoms with Crippen LogP contribution in [0.2, 0.25) is 0 Å². The van der Waals surface area contributed by atoms with Crippen LogP contribution in [0.25, 0.3) is 0 Å². The molecule has 2 aliphatic rings. The van der Waals surface area contributed by atoms with Gasteiger partial charge in [-0.1, -0.05) is 13.8 Å². The zero-order valence-corrected chi connectivity index (χ0v) is 11.7. The number of rotatable bonds is 3. The van der Waals surface area contributed by atoms with Crippen molar-refractivity contribution < 1.29 is 9.59 Å². The summed E-state index contributed by atoms with van der Waals surface area (Å²) < 4.78 is 0. The highest BCUT2D eigenvalue weighted by atomic mass is 16.2. The van der Waals surface area contributed by atoms with E-state index in [2.05, 4.69) is 20.8 Å². The van der Waals surface area contributed by atoms with Gasteiger partial charge >= 0.3 is 0 Å². The minimum absolute atomic E-state index is 0.101. The Balaban J connectivity index is 2.27. The van der Waals surface area contributed by atoms with Gasteiger partial charge in [-0.15, -0.1) is 0 Å². The largest absolute Gasteiger partial charge is 0.335 e. The Morgan fingerprint density at radius 2 is 1.89 bits per heavy atom. The lowest BCUT2D eigenvalue weighted by molar-refractivity contribution is -0.143. The first kappa shape index (κ1) is 13.4. The molecule has 0 aromatic heterocycles. The van der Waals surface area contributed by atoms with Gasteiger partial charge in [0.05, 0.1) is 0 Å². The van der Waals surface area contributed by atoms with Gasteiger partial charge in [0.1, 0.15) is 6.04 Å². The Bertz CT molecular complexity index is 350. The number of hydrogen-bond acceptors (Lipinski definition) is 2. The van der Waals surface area contributed by atoms with Gasteiger partial charge in [0.2, 0.25) is 11.8 Å². The normalized spacial score (nSPS) is 25.4. The van der Waals surface area contributed by atoms with Gasteiger partial charge in [-0.2, -0.15) is 0 Å². The molecule has 0 bridgehead atoms. The van der Waals surface area contributed by atoms with Gasteiger partial charge in [0, 0.05) is 25.0 Å². The second-order valence-electron chi connectivity index (χ2n) is 5.69. The fourth-order valence-corrected chi connectivity index (χ4v) is 3.13. The van der Waals surface area contributed by atoms with Crippen molar-refractivity contribution >= 4 is 11.8 Å². The molecule has 2 rings (SSSR count). The van der Waals surface area contributed by atoms with E-state index in [1.807, 2.05) is 4.90 Å². The molecule has 0 saturated carbocycles. The molecule has 1 unspecified atom stereocenters. The zero-order valence-electron chi connectivity index (χ0n) is 11.7. The molecule has 0 spiro atoms. The van der Waals surface area contributed by atoms with Crippen LogP contribution in [0.5, 0.6) is 0 Å². The third-order valence-electron chi connectivity index (χ3n) is 4.85. The summed E-state index contributed by atoms with van der Waals surface area (Å²) in [6, 6.07) is -0.183. The van der Waals surface area contributed by atoms with Crippen LogP contribution in [0.3, 0.4) is 0 Å². The first-order valence-corrected chi connectivity index (χ1v) is 7.14. The topological polar surface area (TPSA) is 40.6 Å². The Hall–Kier alpha value is -1.06. The van der Waals surface area contributed by atoms with Crippen molar-refractivity contribution in [2.45, 2.75) is 64.5 Å². The lowest BCUT2D eigenvalue weighted by Crippen LogP contribution is -2.53. The average Bonchev–Trinajstić information content (AvgIpc) is 2.83. The summed E-state index contributed by atoms with van der Waals surface area (Å²) >= 11 is 0. The minimum Gasteiger partial charge on any atom is -0.335 e. The lowest BCUT2D eigenvalue weighted by atomic mass is 9.92. The van der Waals surface area contributed by atoms with Gasteiger partial charge in [0.25, 0.3) is 0 Å². The van der Waals surface area contributed by atoms with Crippen molar-refractivity contribution in [3.8, 4) is 0 Å². The number of nitrogens with zero attached hydrogens (tertiary/aromatic N) is 2. The van der Waals surface area contributed by atoms with E-state index in [9.17, 15) is 9.59 Å². The average molecular weight is 252 g/mol. The molecule has 2 fully saturated rings. The maximum absolute atomic E-state index is 12.7. The molecule has 2 aliphatic heterocycles. The fraction of sp³-hybridized carbons (Fsp3) is 0.857. The van der Waals surface area contributed by atoms with E-state index in [0.29, 0.717) is 13.0 Å². The molecule has 4 nitrogen and oxygen atoms in total. The Morgan fingerprint density at radius 1 is 1.22 bits per heavy atom. The maximum Gasteiger partial charge on any atom is 0.245 e. The van der Waals surface area contributed by atoms with Gasteiger partial charge < -0.3 is 9.80 Å². The molecule has 0 aliphatic carbocycles. The third kappa shape index (κ3) is 2.02. The summed E-state index contributed by atoms with van der Waals surface area (Å²) in [6.07, 6.45) is 4.17. The predicted molar refractivity (Wildman–Crippen MR) is 70.1 cm³/mol. The van der Waals surface area contributed by atoms with Crippen molar-refractivity contribution in [3.05, 3.63) is 0 Å². The monoisotopic (exact) mass is 252 g/mol. The van der Waals surface area contributed by atoms with Crippen LogP contribution < -0.4 is 0 Å². The fourth-order valence-electron chi connectivity index (χ4n) is 3.13. The van der Waals surface area contributed by atoms with E-state index in [1.54, 1.807) is 4.90 Å². The Morgan fingerprint density at radius 3 is 2.50 bits per heavy atom. The third-order valence-corrected chi connectivity index (χ3v) is 4.85. The molecule has 0 aromatic carbocycles. The van der Waals surface area contributed by atoms with E-state index in [4.69, 9.17) is 0 Å². The van der Waals surface area contributed by atoms with Crippen molar-refractivity contribution in [1.82, 2.24) is 9.80 Å². The molecule has 2 heterocycles. The molecular weight excluding hydrogens is 228 g/mol. The van der Waals surface area contributed by atoms with Gasteiger partial charge in [-0.05, 0) is 32.6 Å². The van der Waals surface area contributed by atoms with Crippen LogP contribution in [0.4, 0.5) is 0 Å². The standard InChI is InChI=1S/C14H24N2O2/c1-4-14(3,5-2)16-10-8-12(17)15-9-6-7-11(15)13(16)18/h11H,4-10H2,1-3H3. The van der Waals surface area contributed by atoms with Crippen LogP contribution >= 0.6 is 0 Å². The highest BCUT2D eigenvalue weighted by Gasteiger charge is 2.43. The molecule has 2 saturated heterocycles. The highest BCUT2D eigenvalue weighted by molar-refractivity contribution is 5.91. The van der Waals surface area contributed by atoms with Crippen molar-refractivity contribution in [2.75, 3.05) is 13.1 Å². The number of amides is 2. The first-order valence-electron chi connectivity index (χ1n) is 7.14. The van der Waals surface area contributed by atoms with E-state index in [0.717, 1.165) is 32.2 Å². The number of fused-ring (bicyclic) bond motifs is 1. The Kier molecular flexibility index (Phi) is 3.64. The molecule has 0 N–H and O–H groups in total. The molecule has 0 radical (unpaired) electrons. The van der Waals surface area contributed by atoms with Gasteiger partial charge in [-0.25, -0.2) is 0 Å². The quantitative estimate of drug-likeness (QED) is 0.768. The summed E-state index contributed by atoms with van der Waals surface area (Å²) in [7, 11) is 0. The number of hydrogen-bond donors (Lipinski definition) is 0. The molecule has 2 amide bonds. The predicted octanol–water partition coefficient (Wildman–Crippen LogP) is 1.79. The SMILES string of the molecule is CCC(C)(CC)N1CCC(=O)N2CCCC2C1=O. The van der Waals surface area contributed by atoms with E-state index >= 15 is 0 Å². The lowest BCUT2D eigenvalue weighted by Gasteiger charge is -2.41. The van der Waals surface area contributed by atoms with Gasteiger partial charge in [-0.3, -0.25) is 9.59 Å². The highest BCUT2D eigenvalue weighted by Crippen LogP contribution is 2.30. The smallest absolute Gasteiger partial charge is 0.245 e. The zero-order chi connectivity index (χ0) is 13.3. The molecule has 0 aromatic rings. The summed E-state index contributed by atoms with van der Waals surface area (Å²) in [4.78, 5) is 28.5.